The maximum atomic E-state index is 12.4. The van der Waals surface area contributed by atoms with Crippen molar-refractivity contribution in [3.8, 4) is 0 Å². The molecule has 4 rings (SSSR count). The summed E-state index contributed by atoms with van der Waals surface area (Å²) >= 11 is 0. The highest BCUT2D eigenvalue weighted by molar-refractivity contribution is 5.89. The maximum absolute atomic E-state index is 12.4. The standard InChI is InChI=1S/C32H36N8O3/c1-23(41)39-29(32(43)38-20-30(33)42)13-8-9-24-14-15-26(37-19-24)22-40(21-25-10-2-5-16-34-25)31(27-11-3-6-17-35-27)28-12-4-7-18-36-28/h2-7,10-12,14-19,29,31H,8-9,13,20-22H2,1H3,(H2,33,42)(H,38,43)(H,39,41)/t29-/m0/s1. The van der Waals surface area contributed by atoms with Gasteiger partial charge < -0.3 is 16.4 Å². The molecule has 0 saturated heterocycles. The van der Waals surface area contributed by atoms with Gasteiger partial charge in [0, 0.05) is 44.8 Å². The lowest BCUT2D eigenvalue weighted by molar-refractivity contribution is -0.129. The molecule has 0 spiro atoms. The van der Waals surface area contributed by atoms with E-state index in [4.69, 9.17) is 10.7 Å². The summed E-state index contributed by atoms with van der Waals surface area (Å²) in [5.74, 6) is -1.41. The first kappa shape index (κ1) is 30.9. The minimum atomic E-state index is -0.751. The summed E-state index contributed by atoms with van der Waals surface area (Å²) in [6.07, 6.45) is 8.89. The van der Waals surface area contributed by atoms with Crippen LogP contribution in [0.2, 0.25) is 0 Å². The van der Waals surface area contributed by atoms with Gasteiger partial charge in [0.15, 0.2) is 0 Å². The summed E-state index contributed by atoms with van der Waals surface area (Å²) in [6, 6.07) is 20.7. The first-order chi connectivity index (χ1) is 20.9. The van der Waals surface area contributed by atoms with Crippen LogP contribution < -0.4 is 16.4 Å². The van der Waals surface area contributed by atoms with E-state index in [0.717, 1.165) is 28.3 Å². The number of pyridine rings is 4. The van der Waals surface area contributed by atoms with Gasteiger partial charge in [-0.3, -0.25) is 39.2 Å². The topological polar surface area (TPSA) is 156 Å². The summed E-state index contributed by atoms with van der Waals surface area (Å²) in [4.78, 5) is 55.9. The molecule has 43 heavy (non-hydrogen) atoms. The zero-order valence-corrected chi connectivity index (χ0v) is 24.1. The van der Waals surface area contributed by atoms with Crippen molar-refractivity contribution in [1.82, 2.24) is 35.5 Å². The van der Waals surface area contributed by atoms with Crippen LogP contribution in [0.15, 0.2) is 91.5 Å². The minimum Gasteiger partial charge on any atom is -0.368 e. The molecule has 0 aromatic carbocycles. The van der Waals surface area contributed by atoms with E-state index in [1.165, 1.54) is 6.92 Å². The van der Waals surface area contributed by atoms with Crippen molar-refractivity contribution in [2.45, 2.75) is 51.4 Å². The van der Waals surface area contributed by atoms with Gasteiger partial charge in [0.2, 0.25) is 17.7 Å². The van der Waals surface area contributed by atoms with Crippen LogP contribution >= 0.6 is 0 Å². The molecule has 4 aromatic heterocycles. The van der Waals surface area contributed by atoms with Crippen LogP contribution in [0.1, 0.15) is 54.1 Å². The molecule has 11 heteroatoms. The first-order valence-corrected chi connectivity index (χ1v) is 14.1. The molecule has 4 N–H and O–H groups in total. The zero-order valence-electron chi connectivity index (χ0n) is 24.1. The van der Waals surface area contributed by atoms with Gasteiger partial charge in [0.25, 0.3) is 0 Å². The number of aryl methyl sites for hydroxylation is 1. The third-order valence-electron chi connectivity index (χ3n) is 6.73. The number of hydrogen-bond donors (Lipinski definition) is 3. The molecule has 0 aliphatic rings. The van der Waals surface area contributed by atoms with Crippen molar-refractivity contribution >= 4 is 17.7 Å². The Morgan fingerprint density at radius 1 is 0.814 bits per heavy atom. The highest BCUT2D eigenvalue weighted by Crippen LogP contribution is 2.28. The number of nitrogens with one attached hydrogen (secondary N) is 2. The van der Waals surface area contributed by atoms with E-state index >= 15 is 0 Å². The van der Waals surface area contributed by atoms with Crippen LogP contribution in [0.3, 0.4) is 0 Å². The smallest absolute Gasteiger partial charge is 0.243 e. The normalized spacial score (nSPS) is 11.7. The molecule has 11 nitrogen and oxygen atoms in total. The average molecular weight is 581 g/mol. The fraction of sp³-hybridized carbons (Fsp3) is 0.281. The number of amides is 3. The zero-order chi connectivity index (χ0) is 30.4. The third kappa shape index (κ3) is 9.79. The van der Waals surface area contributed by atoms with Gasteiger partial charge in [-0.25, -0.2) is 0 Å². The number of carbonyl (C=O) groups excluding carboxylic acids is 3. The second-order valence-corrected chi connectivity index (χ2v) is 10.1. The molecule has 4 aromatic rings. The van der Waals surface area contributed by atoms with Crippen molar-refractivity contribution in [1.29, 1.82) is 0 Å². The Balaban J connectivity index is 1.48. The second kappa shape index (κ2) is 15.8. The van der Waals surface area contributed by atoms with E-state index in [-0.39, 0.29) is 18.5 Å². The van der Waals surface area contributed by atoms with Crippen LogP contribution in [0.4, 0.5) is 0 Å². The number of carbonyl (C=O) groups is 3. The Bertz CT molecular complexity index is 1420. The quantitative estimate of drug-likeness (QED) is 0.194. The molecule has 3 amide bonds. The number of nitrogens with zero attached hydrogens (tertiary/aromatic N) is 5. The number of primary amides is 1. The van der Waals surface area contributed by atoms with Gasteiger partial charge in [-0.2, -0.15) is 0 Å². The maximum Gasteiger partial charge on any atom is 0.243 e. The predicted octanol–water partition coefficient (Wildman–Crippen LogP) is 2.49. The highest BCUT2D eigenvalue weighted by atomic mass is 16.2. The SMILES string of the molecule is CC(=O)N[C@@H](CCCc1ccc(CN(Cc2ccccn2)C(c2ccccn2)c2ccccn2)nc1)C(=O)NCC(N)=O. The van der Waals surface area contributed by atoms with Crippen molar-refractivity contribution in [2.24, 2.45) is 5.73 Å². The molecule has 1 atom stereocenters. The molecule has 0 aliphatic carbocycles. The van der Waals surface area contributed by atoms with Crippen LogP contribution in [0.5, 0.6) is 0 Å². The fourth-order valence-electron chi connectivity index (χ4n) is 4.77. The molecule has 222 valence electrons. The van der Waals surface area contributed by atoms with Crippen LogP contribution in [-0.4, -0.2) is 55.1 Å². The molecule has 0 unspecified atom stereocenters. The molecule has 0 fully saturated rings. The number of hydrogen-bond acceptors (Lipinski definition) is 8. The van der Waals surface area contributed by atoms with E-state index in [9.17, 15) is 14.4 Å². The Labute approximate surface area is 251 Å². The molecule has 0 bridgehead atoms. The van der Waals surface area contributed by atoms with Gasteiger partial charge >= 0.3 is 0 Å². The van der Waals surface area contributed by atoms with Crippen molar-refractivity contribution in [3.63, 3.8) is 0 Å². The monoisotopic (exact) mass is 580 g/mol. The second-order valence-electron chi connectivity index (χ2n) is 10.1. The summed E-state index contributed by atoms with van der Waals surface area (Å²) < 4.78 is 0. The minimum absolute atomic E-state index is 0.225. The lowest BCUT2D eigenvalue weighted by Gasteiger charge is -2.30. The number of nitrogens with two attached hydrogens (primary N) is 1. The summed E-state index contributed by atoms with van der Waals surface area (Å²) in [5.41, 5.74) is 9.67. The highest BCUT2D eigenvalue weighted by Gasteiger charge is 2.26. The molecular weight excluding hydrogens is 544 g/mol. The Morgan fingerprint density at radius 3 is 1.95 bits per heavy atom. The van der Waals surface area contributed by atoms with Gasteiger partial charge in [-0.05, 0) is 67.3 Å². The van der Waals surface area contributed by atoms with Gasteiger partial charge in [-0.15, -0.1) is 0 Å². The van der Waals surface area contributed by atoms with Crippen LogP contribution in [-0.2, 0) is 33.9 Å². The first-order valence-electron chi connectivity index (χ1n) is 14.1. The van der Waals surface area contributed by atoms with E-state index in [1.54, 1.807) is 18.6 Å². The Kier molecular flexibility index (Phi) is 11.4. The fourth-order valence-corrected chi connectivity index (χ4v) is 4.77. The average Bonchev–Trinajstić information content (AvgIpc) is 3.01. The van der Waals surface area contributed by atoms with Gasteiger partial charge in [0.05, 0.1) is 35.4 Å². The van der Waals surface area contributed by atoms with Crippen LogP contribution in [0.25, 0.3) is 0 Å². The molecule has 0 saturated carbocycles. The summed E-state index contributed by atoms with van der Waals surface area (Å²) in [5, 5.41) is 5.09. The van der Waals surface area contributed by atoms with Crippen LogP contribution in [0, 0.1) is 0 Å². The summed E-state index contributed by atoms with van der Waals surface area (Å²) in [6.45, 7) is 2.16. The lowest BCUT2D eigenvalue weighted by atomic mass is 10.0. The van der Waals surface area contributed by atoms with E-state index in [2.05, 4.69) is 30.5 Å². The van der Waals surface area contributed by atoms with Gasteiger partial charge in [0.1, 0.15) is 6.04 Å². The van der Waals surface area contributed by atoms with E-state index in [1.807, 2.05) is 72.9 Å². The Hall–Kier alpha value is -5.03. The van der Waals surface area contributed by atoms with Crippen molar-refractivity contribution in [2.75, 3.05) is 6.54 Å². The van der Waals surface area contributed by atoms with Crippen molar-refractivity contribution in [3.05, 3.63) is 120 Å². The van der Waals surface area contributed by atoms with E-state index in [0.29, 0.717) is 32.4 Å². The predicted molar refractivity (Wildman–Crippen MR) is 161 cm³/mol. The van der Waals surface area contributed by atoms with E-state index < -0.39 is 17.9 Å². The summed E-state index contributed by atoms with van der Waals surface area (Å²) in [7, 11) is 0. The largest absolute Gasteiger partial charge is 0.368 e. The lowest BCUT2D eigenvalue weighted by Crippen LogP contribution is -2.48. The molecular formula is C32H36N8O3. The molecule has 4 heterocycles. The number of aromatic nitrogens is 4. The number of rotatable bonds is 15. The third-order valence-corrected chi connectivity index (χ3v) is 6.73. The Morgan fingerprint density at radius 2 is 1.44 bits per heavy atom. The van der Waals surface area contributed by atoms with Crippen molar-refractivity contribution < 1.29 is 14.4 Å². The molecule has 0 aliphatic heterocycles. The van der Waals surface area contributed by atoms with Gasteiger partial charge in [-0.1, -0.05) is 24.3 Å². The molecule has 0 radical (unpaired) electrons.